The highest BCUT2D eigenvalue weighted by Gasteiger charge is 2.23. The first-order valence-electron chi connectivity index (χ1n) is 6.54. The Morgan fingerprint density at radius 1 is 1.45 bits per heavy atom. The van der Waals surface area contributed by atoms with Gasteiger partial charge in [0.2, 0.25) is 0 Å². The molecule has 116 valence electrons. The van der Waals surface area contributed by atoms with Gasteiger partial charge in [-0.3, -0.25) is 10.1 Å². The van der Waals surface area contributed by atoms with Crippen molar-refractivity contribution < 1.29 is 18.7 Å². The van der Waals surface area contributed by atoms with Crippen LogP contribution in [0.5, 0.6) is 0 Å². The first-order chi connectivity index (χ1) is 10.6. The number of hydrogen-bond donors (Lipinski definition) is 1. The van der Waals surface area contributed by atoms with Gasteiger partial charge in [0.1, 0.15) is 5.82 Å². The highest BCUT2D eigenvalue weighted by molar-refractivity contribution is 7.14. The summed E-state index contributed by atoms with van der Waals surface area (Å²) in [6.07, 6.45) is -0.624. The number of amides is 1. The number of nitrogens with one attached hydrogen (secondary N) is 1. The Kier molecular flexibility index (Phi) is 4.68. The minimum Gasteiger partial charge on any atom is -0.376 e. The number of nitrogens with zero attached hydrogens (tertiary/aromatic N) is 1. The van der Waals surface area contributed by atoms with Gasteiger partial charge in [0.25, 0.3) is 5.91 Å². The number of rotatable bonds is 3. The number of carbonyl (C=O) groups is 1. The summed E-state index contributed by atoms with van der Waals surface area (Å²) in [6.45, 7) is 1.13. The zero-order valence-corrected chi connectivity index (χ0v) is 12.9. The maximum absolute atomic E-state index is 13.2. The number of hydrogen-bond acceptors (Lipinski definition) is 5. The summed E-state index contributed by atoms with van der Waals surface area (Å²) in [4.78, 5) is 16.3. The predicted octanol–water partition coefficient (Wildman–Crippen LogP) is 2.96. The Bertz CT molecular complexity index is 688. The summed E-state index contributed by atoms with van der Waals surface area (Å²) in [5.41, 5.74) is 1.29. The number of benzene rings is 1. The maximum Gasteiger partial charge on any atom is 0.257 e. The number of carbonyl (C=O) groups excluding carboxylic acids is 1. The van der Waals surface area contributed by atoms with E-state index in [0.29, 0.717) is 29.6 Å². The van der Waals surface area contributed by atoms with Crippen molar-refractivity contribution in [3.8, 4) is 11.3 Å². The minimum absolute atomic E-state index is 0.0313. The van der Waals surface area contributed by atoms with Crippen LogP contribution < -0.4 is 5.32 Å². The summed E-state index contributed by atoms with van der Waals surface area (Å²) in [6, 6.07) is 4.36. The molecular weight excluding hydrogens is 331 g/mol. The molecule has 1 atom stereocenters. The molecule has 8 heteroatoms. The first-order valence-corrected chi connectivity index (χ1v) is 7.80. The van der Waals surface area contributed by atoms with Crippen molar-refractivity contribution in [3.05, 3.63) is 34.4 Å². The number of anilines is 1. The third kappa shape index (κ3) is 3.44. The maximum atomic E-state index is 13.2. The molecule has 0 saturated carbocycles. The molecule has 1 aromatic carbocycles. The van der Waals surface area contributed by atoms with E-state index in [4.69, 9.17) is 21.1 Å². The number of ether oxygens (including phenoxy) is 2. The molecule has 0 unspecified atom stereocenters. The number of halogens is 2. The standard InChI is InChI=1S/C14H12ClFN2O3S/c15-9-5-8(1-2-10(9)16)11-7-22-14(17-11)18-13(19)12-6-20-3-4-21-12/h1-2,5,7,12H,3-4,6H2,(H,17,18,19)/t12-/m0/s1. The number of thiazole rings is 1. The molecule has 3 rings (SSSR count). The van der Waals surface area contributed by atoms with E-state index in [1.807, 2.05) is 0 Å². The minimum atomic E-state index is -0.624. The van der Waals surface area contributed by atoms with Gasteiger partial charge < -0.3 is 9.47 Å². The lowest BCUT2D eigenvalue weighted by molar-refractivity contribution is -0.142. The van der Waals surface area contributed by atoms with Gasteiger partial charge in [0, 0.05) is 10.9 Å². The van der Waals surface area contributed by atoms with Gasteiger partial charge >= 0.3 is 0 Å². The molecule has 0 radical (unpaired) electrons. The van der Waals surface area contributed by atoms with Gasteiger partial charge in [0.15, 0.2) is 11.2 Å². The van der Waals surface area contributed by atoms with E-state index in [9.17, 15) is 9.18 Å². The molecule has 1 fully saturated rings. The summed E-state index contributed by atoms with van der Waals surface area (Å²) in [5, 5.41) is 4.92. The smallest absolute Gasteiger partial charge is 0.257 e. The van der Waals surface area contributed by atoms with Gasteiger partial charge in [-0.1, -0.05) is 11.6 Å². The van der Waals surface area contributed by atoms with Crippen LogP contribution in [0, 0.1) is 5.82 Å². The Hall–Kier alpha value is -1.54. The monoisotopic (exact) mass is 342 g/mol. The lowest BCUT2D eigenvalue weighted by Gasteiger charge is -2.21. The lowest BCUT2D eigenvalue weighted by Crippen LogP contribution is -2.39. The lowest BCUT2D eigenvalue weighted by atomic mass is 10.2. The molecule has 0 aliphatic carbocycles. The van der Waals surface area contributed by atoms with Crippen molar-refractivity contribution in [1.82, 2.24) is 4.98 Å². The quantitative estimate of drug-likeness (QED) is 0.931. The molecule has 1 N–H and O–H groups in total. The largest absolute Gasteiger partial charge is 0.376 e. The Morgan fingerprint density at radius 3 is 3.05 bits per heavy atom. The summed E-state index contributed by atoms with van der Waals surface area (Å²) in [7, 11) is 0. The molecule has 1 amide bonds. The topological polar surface area (TPSA) is 60.5 Å². The fourth-order valence-corrected chi connectivity index (χ4v) is 2.85. The third-order valence-electron chi connectivity index (χ3n) is 3.06. The fourth-order valence-electron chi connectivity index (χ4n) is 1.94. The summed E-state index contributed by atoms with van der Waals surface area (Å²) < 4.78 is 23.7. The van der Waals surface area contributed by atoms with Gasteiger partial charge in [-0.15, -0.1) is 11.3 Å². The van der Waals surface area contributed by atoms with Crippen molar-refractivity contribution in [2.45, 2.75) is 6.10 Å². The molecule has 1 aliphatic heterocycles. The Labute approximate surface area is 135 Å². The Morgan fingerprint density at radius 2 is 2.32 bits per heavy atom. The average molecular weight is 343 g/mol. The second-order valence-electron chi connectivity index (χ2n) is 4.59. The molecule has 0 bridgehead atoms. The SMILES string of the molecule is O=C(Nc1nc(-c2ccc(F)c(Cl)c2)cs1)[C@@H]1COCCO1. The second kappa shape index (κ2) is 6.70. The molecule has 1 aliphatic rings. The highest BCUT2D eigenvalue weighted by atomic mass is 35.5. The second-order valence-corrected chi connectivity index (χ2v) is 5.86. The van der Waals surface area contributed by atoms with Gasteiger partial charge in [-0.05, 0) is 18.2 Å². The van der Waals surface area contributed by atoms with Gasteiger partial charge in [-0.2, -0.15) is 0 Å². The van der Waals surface area contributed by atoms with Gasteiger partial charge in [-0.25, -0.2) is 9.37 Å². The van der Waals surface area contributed by atoms with E-state index in [1.165, 1.54) is 23.5 Å². The highest BCUT2D eigenvalue weighted by Crippen LogP contribution is 2.28. The van der Waals surface area contributed by atoms with Crippen LogP contribution in [0.1, 0.15) is 0 Å². The van der Waals surface area contributed by atoms with Crippen LogP contribution in [-0.2, 0) is 14.3 Å². The molecule has 0 spiro atoms. The van der Waals surface area contributed by atoms with E-state index >= 15 is 0 Å². The van der Waals surface area contributed by atoms with Crippen LogP contribution in [0.2, 0.25) is 5.02 Å². The van der Waals surface area contributed by atoms with Crippen LogP contribution in [0.3, 0.4) is 0 Å². The van der Waals surface area contributed by atoms with Crippen molar-refractivity contribution in [2.24, 2.45) is 0 Å². The van der Waals surface area contributed by atoms with E-state index in [-0.39, 0.29) is 17.5 Å². The average Bonchev–Trinajstić information content (AvgIpc) is 2.99. The van der Waals surface area contributed by atoms with E-state index in [1.54, 1.807) is 11.4 Å². The van der Waals surface area contributed by atoms with E-state index in [2.05, 4.69) is 10.3 Å². The molecule has 22 heavy (non-hydrogen) atoms. The molecule has 5 nitrogen and oxygen atoms in total. The van der Waals surface area contributed by atoms with Crippen LogP contribution in [0.25, 0.3) is 11.3 Å². The van der Waals surface area contributed by atoms with Crippen LogP contribution in [-0.4, -0.2) is 36.8 Å². The van der Waals surface area contributed by atoms with Crippen LogP contribution in [0.4, 0.5) is 9.52 Å². The van der Waals surface area contributed by atoms with Crippen LogP contribution in [0.15, 0.2) is 23.6 Å². The predicted molar refractivity (Wildman–Crippen MR) is 81.7 cm³/mol. The van der Waals surface area contributed by atoms with Crippen LogP contribution >= 0.6 is 22.9 Å². The molecule has 1 saturated heterocycles. The summed E-state index contributed by atoms with van der Waals surface area (Å²) >= 11 is 7.03. The fraction of sp³-hybridized carbons (Fsp3) is 0.286. The van der Waals surface area contributed by atoms with Crippen molar-refractivity contribution in [2.75, 3.05) is 25.1 Å². The van der Waals surface area contributed by atoms with E-state index < -0.39 is 11.9 Å². The first kappa shape index (κ1) is 15.4. The number of aromatic nitrogens is 1. The Balaban J connectivity index is 1.70. The summed E-state index contributed by atoms with van der Waals surface area (Å²) in [5.74, 6) is -0.777. The molecule has 2 heterocycles. The third-order valence-corrected chi connectivity index (χ3v) is 4.11. The molecule has 2 aromatic rings. The van der Waals surface area contributed by atoms with E-state index in [0.717, 1.165) is 0 Å². The zero-order chi connectivity index (χ0) is 15.5. The molecular formula is C14H12ClFN2O3S. The zero-order valence-electron chi connectivity index (χ0n) is 11.3. The van der Waals surface area contributed by atoms with Crippen molar-refractivity contribution in [1.29, 1.82) is 0 Å². The van der Waals surface area contributed by atoms with Crippen molar-refractivity contribution in [3.63, 3.8) is 0 Å². The van der Waals surface area contributed by atoms with Crippen molar-refractivity contribution >= 4 is 34.0 Å². The normalized spacial score (nSPS) is 18.2. The molecule has 1 aromatic heterocycles. The van der Waals surface area contributed by atoms with Gasteiger partial charge in [0.05, 0.1) is 30.5 Å².